The van der Waals surface area contributed by atoms with Crippen molar-refractivity contribution in [1.29, 1.82) is 0 Å². The van der Waals surface area contributed by atoms with E-state index in [4.69, 9.17) is 5.11 Å². The summed E-state index contributed by atoms with van der Waals surface area (Å²) in [4.78, 5) is 1.05. The predicted octanol–water partition coefficient (Wildman–Crippen LogP) is 1.31. The topological polar surface area (TPSA) is 57.6 Å². The van der Waals surface area contributed by atoms with E-state index in [1.165, 1.54) is 22.7 Å². The SMILES string of the molecule is CCc1ccc(S(=O)(=O)N(C)C(C)CO)s1. The molecule has 1 aromatic heterocycles. The highest BCUT2D eigenvalue weighted by molar-refractivity contribution is 7.91. The summed E-state index contributed by atoms with van der Waals surface area (Å²) >= 11 is 1.28. The maximum Gasteiger partial charge on any atom is 0.252 e. The molecule has 0 aliphatic carbocycles. The molecule has 1 N–H and O–H groups in total. The number of aliphatic hydroxyl groups is 1. The van der Waals surface area contributed by atoms with Gasteiger partial charge in [0.15, 0.2) is 0 Å². The Balaban J connectivity index is 3.01. The summed E-state index contributed by atoms with van der Waals surface area (Å²) < 4.78 is 25.7. The molecule has 0 spiro atoms. The first-order valence-electron chi connectivity index (χ1n) is 5.11. The molecule has 0 saturated carbocycles. The maximum atomic E-state index is 12.1. The lowest BCUT2D eigenvalue weighted by atomic mass is 10.4. The van der Waals surface area contributed by atoms with Crippen molar-refractivity contribution in [2.45, 2.75) is 30.5 Å². The molecule has 92 valence electrons. The Morgan fingerprint density at radius 3 is 2.56 bits per heavy atom. The second kappa shape index (κ2) is 5.27. The first kappa shape index (κ1) is 13.6. The van der Waals surface area contributed by atoms with E-state index in [0.29, 0.717) is 4.21 Å². The third-order valence-corrected chi connectivity index (χ3v) is 6.17. The van der Waals surface area contributed by atoms with E-state index in [1.807, 2.05) is 13.0 Å². The smallest absolute Gasteiger partial charge is 0.252 e. The fraction of sp³-hybridized carbons (Fsp3) is 0.600. The minimum absolute atomic E-state index is 0.179. The van der Waals surface area contributed by atoms with Crippen LogP contribution >= 0.6 is 11.3 Å². The Hall–Kier alpha value is -0.430. The zero-order valence-corrected chi connectivity index (χ0v) is 11.3. The molecule has 0 fully saturated rings. The summed E-state index contributed by atoms with van der Waals surface area (Å²) in [5.74, 6) is 0. The summed E-state index contributed by atoms with van der Waals surface area (Å²) in [6.07, 6.45) is 0.833. The van der Waals surface area contributed by atoms with Gasteiger partial charge in [-0.25, -0.2) is 8.42 Å². The highest BCUT2D eigenvalue weighted by Crippen LogP contribution is 2.25. The lowest BCUT2D eigenvalue weighted by molar-refractivity contribution is 0.214. The third-order valence-electron chi connectivity index (χ3n) is 2.50. The first-order chi connectivity index (χ1) is 7.43. The Kier molecular flexibility index (Phi) is 4.49. The summed E-state index contributed by atoms with van der Waals surface area (Å²) in [6.45, 7) is 3.48. The van der Waals surface area contributed by atoms with Crippen molar-refractivity contribution >= 4 is 21.4 Å². The van der Waals surface area contributed by atoms with Crippen LogP contribution in [-0.4, -0.2) is 37.5 Å². The second-order valence-corrected chi connectivity index (χ2v) is 7.02. The molecule has 1 unspecified atom stereocenters. The largest absolute Gasteiger partial charge is 0.395 e. The third kappa shape index (κ3) is 2.63. The average Bonchev–Trinajstić information content (AvgIpc) is 2.75. The molecular weight excluding hydrogens is 246 g/mol. The zero-order valence-electron chi connectivity index (χ0n) is 9.67. The van der Waals surface area contributed by atoms with Crippen molar-refractivity contribution in [3.05, 3.63) is 17.0 Å². The van der Waals surface area contributed by atoms with E-state index in [-0.39, 0.29) is 6.61 Å². The monoisotopic (exact) mass is 263 g/mol. The van der Waals surface area contributed by atoms with Crippen LogP contribution in [0.4, 0.5) is 0 Å². The number of nitrogens with zero attached hydrogens (tertiary/aromatic N) is 1. The number of aliphatic hydroxyl groups excluding tert-OH is 1. The lowest BCUT2D eigenvalue weighted by Gasteiger charge is -2.21. The molecule has 0 bridgehead atoms. The van der Waals surface area contributed by atoms with Crippen molar-refractivity contribution in [3.63, 3.8) is 0 Å². The number of likely N-dealkylation sites (N-methyl/N-ethyl adjacent to an activating group) is 1. The van der Waals surface area contributed by atoms with Gasteiger partial charge in [0.05, 0.1) is 6.61 Å². The average molecular weight is 263 g/mol. The minimum Gasteiger partial charge on any atom is -0.395 e. The van der Waals surface area contributed by atoms with Crippen LogP contribution in [-0.2, 0) is 16.4 Å². The summed E-state index contributed by atoms with van der Waals surface area (Å²) in [5, 5.41) is 8.96. The molecule has 0 aliphatic rings. The van der Waals surface area contributed by atoms with Gasteiger partial charge in [0, 0.05) is 18.0 Å². The van der Waals surface area contributed by atoms with Gasteiger partial charge in [-0.05, 0) is 25.5 Å². The van der Waals surface area contributed by atoms with Gasteiger partial charge < -0.3 is 5.11 Å². The number of hydrogen-bond donors (Lipinski definition) is 1. The Bertz CT molecular complexity index is 439. The minimum atomic E-state index is -3.45. The van der Waals surface area contributed by atoms with Crippen molar-refractivity contribution in [3.8, 4) is 0 Å². The number of sulfonamides is 1. The molecule has 0 aliphatic heterocycles. The molecule has 1 rings (SSSR count). The molecule has 0 radical (unpaired) electrons. The van der Waals surface area contributed by atoms with Crippen molar-refractivity contribution < 1.29 is 13.5 Å². The summed E-state index contributed by atoms with van der Waals surface area (Å²) in [6, 6.07) is 3.05. The van der Waals surface area contributed by atoms with Gasteiger partial charge in [-0.1, -0.05) is 6.92 Å². The maximum absolute atomic E-state index is 12.1. The van der Waals surface area contributed by atoms with Crippen molar-refractivity contribution in [1.82, 2.24) is 4.31 Å². The van der Waals surface area contributed by atoms with Gasteiger partial charge in [-0.2, -0.15) is 4.31 Å². The van der Waals surface area contributed by atoms with Gasteiger partial charge in [-0.3, -0.25) is 0 Å². The van der Waals surface area contributed by atoms with Crippen LogP contribution in [0.25, 0.3) is 0 Å². The lowest BCUT2D eigenvalue weighted by Crippen LogP contribution is -2.36. The molecule has 16 heavy (non-hydrogen) atoms. The fourth-order valence-corrected chi connectivity index (χ4v) is 4.01. The zero-order chi connectivity index (χ0) is 12.3. The van der Waals surface area contributed by atoms with Crippen LogP contribution in [0.1, 0.15) is 18.7 Å². The number of hydrogen-bond acceptors (Lipinski definition) is 4. The summed E-state index contributed by atoms with van der Waals surface area (Å²) in [5.41, 5.74) is 0. The van der Waals surface area contributed by atoms with E-state index < -0.39 is 16.1 Å². The van der Waals surface area contributed by atoms with Gasteiger partial charge in [0.25, 0.3) is 10.0 Å². The Morgan fingerprint density at radius 1 is 1.50 bits per heavy atom. The first-order valence-corrected chi connectivity index (χ1v) is 7.36. The predicted molar refractivity (Wildman–Crippen MR) is 65.2 cm³/mol. The van der Waals surface area contributed by atoms with Crippen LogP contribution in [0.15, 0.2) is 16.3 Å². The van der Waals surface area contributed by atoms with E-state index in [0.717, 1.165) is 11.3 Å². The van der Waals surface area contributed by atoms with Gasteiger partial charge in [-0.15, -0.1) is 11.3 Å². The standard InChI is InChI=1S/C10H17NO3S2/c1-4-9-5-6-10(15-9)16(13,14)11(3)8(2)7-12/h5-6,8,12H,4,7H2,1-3H3. The van der Waals surface area contributed by atoms with E-state index in [9.17, 15) is 8.42 Å². The molecule has 1 atom stereocenters. The molecule has 6 heteroatoms. The Morgan fingerprint density at radius 2 is 2.12 bits per heavy atom. The van der Waals surface area contributed by atoms with Crippen molar-refractivity contribution in [2.24, 2.45) is 0 Å². The Labute approximate surface area is 101 Å². The van der Waals surface area contributed by atoms with E-state index >= 15 is 0 Å². The molecule has 1 heterocycles. The number of rotatable bonds is 5. The van der Waals surface area contributed by atoms with Gasteiger partial charge in [0.1, 0.15) is 4.21 Å². The number of thiophene rings is 1. The highest BCUT2D eigenvalue weighted by atomic mass is 32.2. The van der Waals surface area contributed by atoms with Crippen molar-refractivity contribution in [2.75, 3.05) is 13.7 Å². The highest BCUT2D eigenvalue weighted by Gasteiger charge is 2.26. The van der Waals surface area contributed by atoms with Crippen LogP contribution in [0, 0.1) is 0 Å². The van der Waals surface area contributed by atoms with Crippen LogP contribution in [0.3, 0.4) is 0 Å². The van der Waals surface area contributed by atoms with Gasteiger partial charge >= 0.3 is 0 Å². The van der Waals surface area contributed by atoms with E-state index in [2.05, 4.69) is 0 Å². The molecule has 0 amide bonds. The molecule has 4 nitrogen and oxygen atoms in total. The molecule has 0 aromatic carbocycles. The quantitative estimate of drug-likeness (QED) is 0.871. The van der Waals surface area contributed by atoms with Crippen LogP contribution in [0.2, 0.25) is 0 Å². The molecule has 1 aromatic rings. The molecular formula is C10H17NO3S2. The fourth-order valence-electron chi connectivity index (χ4n) is 1.18. The van der Waals surface area contributed by atoms with E-state index in [1.54, 1.807) is 13.0 Å². The molecule has 0 saturated heterocycles. The summed E-state index contributed by atoms with van der Waals surface area (Å²) in [7, 11) is -1.96. The van der Waals surface area contributed by atoms with Crippen LogP contribution in [0.5, 0.6) is 0 Å². The second-order valence-electron chi connectivity index (χ2n) is 3.63. The van der Waals surface area contributed by atoms with Crippen LogP contribution < -0.4 is 0 Å². The normalized spacial score (nSPS) is 14.3. The number of aryl methyl sites for hydroxylation is 1. The van der Waals surface area contributed by atoms with Gasteiger partial charge in [0.2, 0.25) is 0 Å².